The molecule has 3 heterocycles. The Labute approximate surface area is 224 Å². The average molecular weight is 565 g/mol. The van der Waals surface area contributed by atoms with E-state index >= 15 is 0 Å². The van der Waals surface area contributed by atoms with E-state index in [1.807, 2.05) is 31.9 Å². The number of nitrogens with zero attached hydrogens (tertiary/aromatic N) is 2. The summed E-state index contributed by atoms with van der Waals surface area (Å²) >= 11 is 6.24. The second-order valence-corrected chi connectivity index (χ2v) is 12.5. The minimum Gasteiger partial charge on any atom is -0.504 e. The maximum absolute atomic E-state index is 13.4. The van der Waals surface area contributed by atoms with Crippen LogP contribution in [0.15, 0.2) is 43.2 Å². The van der Waals surface area contributed by atoms with E-state index in [9.17, 15) is 23.1 Å². The van der Waals surface area contributed by atoms with Crippen LogP contribution in [-0.2, 0) is 14.8 Å². The molecule has 11 nitrogen and oxygen atoms in total. The lowest BCUT2D eigenvalue weighted by Crippen LogP contribution is -2.49. The Morgan fingerprint density at radius 2 is 1.71 bits per heavy atom. The first-order chi connectivity index (χ1) is 17.9. The number of piperazine rings is 1. The van der Waals surface area contributed by atoms with Crippen molar-refractivity contribution >= 4 is 38.7 Å². The van der Waals surface area contributed by atoms with Gasteiger partial charge in [-0.2, -0.15) is 4.31 Å². The van der Waals surface area contributed by atoms with Gasteiger partial charge in [-0.05, 0) is 38.2 Å². The fourth-order valence-electron chi connectivity index (χ4n) is 4.77. The fraction of sp³-hybridized carbons (Fsp3) is 0.440. The Kier molecular flexibility index (Phi) is 6.81. The Balaban J connectivity index is 1.47. The number of anilines is 3. The Bertz CT molecular complexity index is 1550. The van der Waals surface area contributed by atoms with Crippen molar-refractivity contribution in [3.8, 4) is 5.75 Å². The predicted octanol–water partition coefficient (Wildman–Crippen LogP) is 2.41. The summed E-state index contributed by atoms with van der Waals surface area (Å²) in [5.41, 5.74) is -2.07. The standard InChI is InChI=1S/C25H29ClN4O7S/c1-14-4-7-17(37-14)24(25(2)12-36-13-25)28-19-18(21(32)22(19)33)27-16-6-5-15(26)23(20(16)31)38(34,35)30-10-8-29(3)9-11-30/h4-7,24,27-28,31H,8-13H2,1-3H3. The lowest BCUT2D eigenvalue weighted by atomic mass is 9.79. The van der Waals surface area contributed by atoms with E-state index < -0.39 is 43.0 Å². The van der Waals surface area contributed by atoms with Crippen molar-refractivity contribution in [2.45, 2.75) is 24.8 Å². The summed E-state index contributed by atoms with van der Waals surface area (Å²) in [4.78, 5) is 26.7. The number of hydrogen-bond acceptors (Lipinski definition) is 10. The summed E-state index contributed by atoms with van der Waals surface area (Å²) in [6.07, 6.45) is 0. The van der Waals surface area contributed by atoms with Crippen molar-refractivity contribution in [1.29, 1.82) is 0 Å². The van der Waals surface area contributed by atoms with Crippen molar-refractivity contribution < 1.29 is 22.7 Å². The SMILES string of the molecule is Cc1ccc(C(Nc2c(Nc3ccc(Cl)c(S(=O)(=O)N4CCN(C)CC4)c3O)c(=O)c2=O)C2(C)COC2)o1. The number of phenolic OH excluding ortho intramolecular Hbond substituents is 1. The van der Waals surface area contributed by atoms with E-state index in [1.54, 1.807) is 6.07 Å². The topological polar surface area (TPSA) is 141 Å². The van der Waals surface area contributed by atoms with Crippen molar-refractivity contribution in [2.24, 2.45) is 5.41 Å². The monoisotopic (exact) mass is 564 g/mol. The number of sulfonamides is 1. The maximum Gasteiger partial charge on any atom is 0.253 e. The first kappa shape index (κ1) is 26.7. The zero-order valence-electron chi connectivity index (χ0n) is 21.2. The Morgan fingerprint density at radius 1 is 1.05 bits per heavy atom. The average Bonchev–Trinajstić information content (AvgIpc) is 3.29. The van der Waals surface area contributed by atoms with Crippen LogP contribution in [0.4, 0.5) is 17.1 Å². The van der Waals surface area contributed by atoms with Crippen LogP contribution >= 0.6 is 11.6 Å². The van der Waals surface area contributed by atoms with Gasteiger partial charge in [-0.1, -0.05) is 18.5 Å². The highest BCUT2D eigenvalue weighted by atomic mass is 35.5. The maximum atomic E-state index is 13.4. The van der Waals surface area contributed by atoms with Crippen LogP contribution in [0, 0.1) is 12.3 Å². The molecule has 0 saturated carbocycles. The van der Waals surface area contributed by atoms with Gasteiger partial charge < -0.3 is 29.8 Å². The molecule has 38 heavy (non-hydrogen) atoms. The molecule has 3 aromatic rings. The third kappa shape index (κ3) is 4.50. The highest BCUT2D eigenvalue weighted by molar-refractivity contribution is 7.89. The van der Waals surface area contributed by atoms with Gasteiger partial charge in [-0.25, -0.2) is 8.42 Å². The summed E-state index contributed by atoms with van der Waals surface area (Å²) in [5.74, 6) is 0.648. The van der Waals surface area contributed by atoms with Crippen LogP contribution < -0.4 is 21.5 Å². The van der Waals surface area contributed by atoms with Gasteiger partial charge in [-0.15, -0.1) is 0 Å². The van der Waals surface area contributed by atoms with E-state index in [2.05, 4.69) is 10.6 Å². The van der Waals surface area contributed by atoms with Crippen LogP contribution in [0.25, 0.3) is 0 Å². The Hall–Kier alpha value is -2.90. The summed E-state index contributed by atoms with van der Waals surface area (Å²) in [6, 6.07) is 5.82. The number of likely N-dealkylation sites (N-methyl/N-ethyl adjacent to an activating group) is 1. The summed E-state index contributed by atoms with van der Waals surface area (Å²) in [6.45, 7) is 6.20. The number of phenols is 1. The number of benzene rings is 1. The molecule has 1 aromatic heterocycles. The lowest BCUT2D eigenvalue weighted by molar-refractivity contribution is -0.115. The normalized spacial score (nSPS) is 19.3. The molecule has 2 fully saturated rings. The highest BCUT2D eigenvalue weighted by Crippen LogP contribution is 2.44. The molecule has 2 aliphatic rings. The van der Waals surface area contributed by atoms with Crippen molar-refractivity contribution in [2.75, 3.05) is 57.1 Å². The molecule has 5 rings (SSSR count). The van der Waals surface area contributed by atoms with Crippen LogP contribution in [0.3, 0.4) is 0 Å². The second-order valence-electron chi connectivity index (χ2n) is 10.2. The van der Waals surface area contributed by atoms with E-state index in [0.717, 1.165) is 0 Å². The zero-order chi connectivity index (χ0) is 27.4. The predicted molar refractivity (Wildman–Crippen MR) is 143 cm³/mol. The van der Waals surface area contributed by atoms with Gasteiger partial charge >= 0.3 is 0 Å². The summed E-state index contributed by atoms with van der Waals surface area (Å²) in [5, 5.41) is 16.8. The second kappa shape index (κ2) is 9.69. The number of aryl methyl sites for hydroxylation is 1. The summed E-state index contributed by atoms with van der Waals surface area (Å²) in [7, 11) is -2.23. The fourth-order valence-corrected chi connectivity index (χ4v) is 6.78. The third-order valence-corrected chi connectivity index (χ3v) is 9.61. The molecular formula is C25H29ClN4O7S. The smallest absolute Gasteiger partial charge is 0.253 e. The van der Waals surface area contributed by atoms with Crippen molar-refractivity contribution in [3.63, 3.8) is 0 Å². The van der Waals surface area contributed by atoms with Crippen LogP contribution in [0.1, 0.15) is 24.5 Å². The molecule has 204 valence electrons. The molecule has 1 atom stereocenters. The number of hydrogen-bond donors (Lipinski definition) is 3. The van der Waals surface area contributed by atoms with E-state index in [0.29, 0.717) is 37.8 Å². The molecule has 13 heteroatoms. The van der Waals surface area contributed by atoms with Crippen molar-refractivity contribution in [3.05, 3.63) is 61.3 Å². The third-order valence-electron chi connectivity index (χ3n) is 7.21. The van der Waals surface area contributed by atoms with E-state index in [1.165, 1.54) is 16.4 Å². The van der Waals surface area contributed by atoms with Gasteiger partial charge in [0, 0.05) is 31.6 Å². The minimum atomic E-state index is -4.12. The number of aromatic hydroxyl groups is 1. The molecule has 0 spiro atoms. The van der Waals surface area contributed by atoms with Gasteiger partial charge in [0.05, 0.1) is 30.0 Å². The van der Waals surface area contributed by atoms with Gasteiger partial charge in [0.25, 0.3) is 10.9 Å². The number of halogens is 1. The van der Waals surface area contributed by atoms with Gasteiger partial charge in [0.2, 0.25) is 10.0 Å². The molecule has 0 amide bonds. The molecule has 2 aromatic carbocycles. The van der Waals surface area contributed by atoms with Crippen LogP contribution in [-0.4, -0.2) is 69.2 Å². The number of rotatable bonds is 8. The van der Waals surface area contributed by atoms with Gasteiger partial charge in [0.1, 0.15) is 27.8 Å². The summed E-state index contributed by atoms with van der Waals surface area (Å²) < 4.78 is 39.2. The minimum absolute atomic E-state index is 0.0139. The first-order valence-electron chi connectivity index (χ1n) is 12.1. The molecule has 1 unspecified atom stereocenters. The number of nitrogens with one attached hydrogen (secondary N) is 2. The van der Waals surface area contributed by atoms with Crippen LogP contribution in [0.2, 0.25) is 5.02 Å². The van der Waals surface area contributed by atoms with E-state index in [4.69, 9.17) is 20.8 Å². The lowest BCUT2D eigenvalue weighted by Gasteiger charge is -2.44. The largest absolute Gasteiger partial charge is 0.504 e. The zero-order valence-corrected chi connectivity index (χ0v) is 22.8. The molecular weight excluding hydrogens is 536 g/mol. The molecule has 2 saturated heterocycles. The number of furan rings is 1. The Morgan fingerprint density at radius 3 is 2.29 bits per heavy atom. The van der Waals surface area contributed by atoms with Gasteiger partial charge in [-0.3, -0.25) is 9.59 Å². The number of ether oxygens (including phenoxy) is 1. The first-order valence-corrected chi connectivity index (χ1v) is 14.0. The molecule has 0 aliphatic carbocycles. The highest BCUT2D eigenvalue weighted by Gasteiger charge is 2.45. The quantitative estimate of drug-likeness (QED) is 0.276. The van der Waals surface area contributed by atoms with Crippen LogP contribution in [0.5, 0.6) is 5.75 Å². The molecule has 0 bridgehead atoms. The van der Waals surface area contributed by atoms with Crippen molar-refractivity contribution in [1.82, 2.24) is 9.21 Å². The molecule has 3 N–H and O–H groups in total. The molecule has 0 radical (unpaired) electrons. The molecule has 2 aliphatic heterocycles. The van der Waals surface area contributed by atoms with Gasteiger partial charge in [0.15, 0.2) is 5.75 Å². The van der Waals surface area contributed by atoms with E-state index in [-0.39, 0.29) is 35.2 Å².